The molecule has 0 unspecified atom stereocenters. The number of halogens is 2. The number of nitrogens with one attached hydrogen (secondary N) is 1. The van der Waals surface area contributed by atoms with Crippen molar-refractivity contribution in [2.24, 2.45) is 0 Å². The zero-order valence-corrected chi connectivity index (χ0v) is 17.4. The summed E-state index contributed by atoms with van der Waals surface area (Å²) in [6.07, 6.45) is 0.997. The second-order valence-electron chi connectivity index (χ2n) is 6.29. The molecule has 1 amide bonds. The Morgan fingerprint density at radius 2 is 1.82 bits per heavy atom. The van der Waals surface area contributed by atoms with Crippen molar-refractivity contribution in [3.63, 3.8) is 0 Å². The van der Waals surface area contributed by atoms with Crippen molar-refractivity contribution in [2.45, 2.75) is 19.9 Å². The zero-order valence-electron chi connectivity index (χ0n) is 15.1. The zero-order chi connectivity index (χ0) is 19.7. The van der Waals surface area contributed by atoms with E-state index in [1.54, 1.807) is 24.3 Å². The Labute approximate surface area is 176 Å². The van der Waals surface area contributed by atoms with E-state index >= 15 is 0 Å². The Balaban J connectivity index is 1.67. The number of fused-ring (bicyclic) bond motifs is 1. The Kier molecular flexibility index (Phi) is 5.40. The van der Waals surface area contributed by atoms with Gasteiger partial charge in [0.25, 0.3) is 5.91 Å². The van der Waals surface area contributed by atoms with E-state index in [1.165, 1.54) is 11.3 Å². The average Bonchev–Trinajstić information content (AvgIpc) is 3.30. The third-order valence-electron chi connectivity index (χ3n) is 4.35. The molecule has 7 heteroatoms. The van der Waals surface area contributed by atoms with Crippen LogP contribution < -0.4 is 5.32 Å². The quantitative estimate of drug-likeness (QED) is 0.381. The molecule has 0 saturated heterocycles. The highest BCUT2D eigenvalue weighted by Crippen LogP contribution is 2.33. The van der Waals surface area contributed by atoms with E-state index in [-0.39, 0.29) is 5.91 Å². The van der Waals surface area contributed by atoms with Crippen LogP contribution in [0.15, 0.2) is 54.6 Å². The van der Waals surface area contributed by atoms with Gasteiger partial charge in [0.1, 0.15) is 0 Å². The Morgan fingerprint density at radius 1 is 1.07 bits per heavy atom. The Hall–Kier alpha value is -2.34. The van der Waals surface area contributed by atoms with Gasteiger partial charge in [-0.3, -0.25) is 4.79 Å². The second-order valence-corrected chi connectivity index (χ2v) is 8.19. The molecule has 1 N–H and O–H groups in total. The largest absolute Gasteiger partial charge is 0.323 e. The maximum Gasteiger partial charge on any atom is 0.265 e. The topological polar surface area (TPSA) is 46.9 Å². The lowest BCUT2D eigenvalue weighted by Gasteiger charge is -2.08. The molecule has 4 nitrogen and oxygen atoms in total. The number of carbonyl (C=O) groups is 1. The number of para-hydroxylation sites is 3. The first-order valence-corrected chi connectivity index (χ1v) is 10.5. The molecule has 0 bridgehead atoms. The molecule has 28 heavy (non-hydrogen) atoms. The molecule has 0 aliphatic rings. The summed E-state index contributed by atoms with van der Waals surface area (Å²) in [5.74, 6) is 0.632. The number of carbonyl (C=O) groups excluding carboxylic acids is 1. The lowest BCUT2D eigenvalue weighted by molar-refractivity contribution is 0.103. The molecular formula is C21H17Cl2N3OS. The maximum absolute atomic E-state index is 12.7. The fraction of sp³-hybridized carbons (Fsp3) is 0.143. The number of imidazole rings is 1. The summed E-state index contributed by atoms with van der Waals surface area (Å²) < 4.78 is 2.20. The number of hydrogen-bond acceptors (Lipinski definition) is 3. The number of benzene rings is 2. The second kappa shape index (κ2) is 7.95. The molecular weight excluding hydrogens is 413 g/mol. The molecule has 0 fully saturated rings. The van der Waals surface area contributed by atoms with Gasteiger partial charge < -0.3 is 9.88 Å². The van der Waals surface area contributed by atoms with Crippen molar-refractivity contribution in [1.82, 2.24) is 9.55 Å². The molecule has 0 saturated carbocycles. The van der Waals surface area contributed by atoms with Gasteiger partial charge in [0.2, 0.25) is 0 Å². The van der Waals surface area contributed by atoms with Crippen LogP contribution in [0.5, 0.6) is 0 Å². The fourth-order valence-corrected chi connectivity index (χ4v) is 4.48. The average molecular weight is 430 g/mol. The first kappa shape index (κ1) is 19.0. The van der Waals surface area contributed by atoms with Crippen molar-refractivity contribution in [3.8, 4) is 10.7 Å². The van der Waals surface area contributed by atoms with E-state index in [4.69, 9.17) is 28.2 Å². The number of aromatic nitrogens is 2. The lowest BCUT2D eigenvalue weighted by atomic mass is 10.3. The fourth-order valence-electron chi connectivity index (χ4n) is 3.09. The molecule has 0 aliphatic carbocycles. The number of rotatable bonds is 5. The molecule has 4 aromatic rings. The Morgan fingerprint density at radius 3 is 2.57 bits per heavy atom. The SMILES string of the molecule is CCCn1c(-c2ccc(C(=O)Nc3c(Cl)cccc3Cl)s2)nc2ccccc21. The standard InChI is InChI=1S/C21H17Cl2N3OS/c1-2-12-26-16-9-4-3-8-15(16)24-20(26)17-10-11-18(28-17)21(27)25-19-13(22)6-5-7-14(19)23/h3-11H,2,12H2,1H3,(H,25,27). The summed E-state index contributed by atoms with van der Waals surface area (Å²) in [6, 6.07) is 16.9. The monoisotopic (exact) mass is 429 g/mol. The molecule has 0 aliphatic heterocycles. The van der Waals surface area contributed by atoms with Crippen LogP contribution >= 0.6 is 34.5 Å². The van der Waals surface area contributed by atoms with E-state index in [0.29, 0.717) is 20.6 Å². The van der Waals surface area contributed by atoms with Crippen molar-refractivity contribution in [1.29, 1.82) is 0 Å². The summed E-state index contributed by atoms with van der Waals surface area (Å²) >= 11 is 13.7. The van der Waals surface area contributed by atoms with Crippen molar-refractivity contribution >= 4 is 57.2 Å². The van der Waals surface area contributed by atoms with Crippen LogP contribution in [0.4, 0.5) is 5.69 Å². The first-order chi connectivity index (χ1) is 13.6. The van der Waals surface area contributed by atoms with Crippen LogP contribution in [0.2, 0.25) is 10.0 Å². The molecule has 4 rings (SSSR count). The summed E-state index contributed by atoms with van der Waals surface area (Å²) in [4.78, 5) is 19.0. The van der Waals surface area contributed by atoms with Crippen LogP contribution in [0, 0.1) is 0 Å². The van der Waals surface area contributed by atoms with Gasteiger partial charge in [0.05, 0.1) is 36.5 Å². The number of anilines is 1. The highest BCUT2D eigenvalue weighted by Gasteiger charge is 2.17. The van der Waals surface area contributed by atoms with Gasteiger partial charge in [-0.05, 0) is 42.8 Å². The molecule has 142 valence electrons. The maximum atomic E-state index is 12.7. The first-order valence-electron chi connectivity index (χ1n) is 8.89. The van der Waals surface area contributed by atoms with Crippen LogP contribution in [0.25, 0.3) is 21.7 Å². The van der Waals surface area contributed by atoms with Crippen molar-refractivity contribution in [2.75, 3.05) is 5.32 Å². The van der Waals surface area contributed by atoms with E-state index in [9.17, 15) is 4.79 Å². The summed E-state index contributed by atoms with van der Waals surface area (Å²) in [7, 11) is 0. The molecule has 0 radical (unpaired) electrons. The third-order valence-corrected chi connectivity index (χ3v) is 6.06. The summed E-state index contributed by atoms with van der Waals surface area (Å²) in [5.41, 5.74) is 2.47. The number of amides is 1. The number of hydrogen-bond donors (Lipinski definition) is 1. The van der Waals surface area contributed by atoms with Crippen LogP contribution in [-0.2, 0) is 6.54 Å². The predicted octanol–water partition coefficient (Wildman–Crippen LogP) is 6.73. The minimum absolute atomic E-state index is 0.246. The van der Waals surface area contributed by atoms with Gasteiger partial charge in [-0.25, -0.2) is 4.98 Å². The molecule has 2 aromatic carbocycles. The van der Waals surface area contributed by atoms with Gasteiger partial charge in [-0.1, -0.05) is 48.3 Å². The normalized spacial score (nSPS) is 11.1. The van der Waals surface area contributed by atoms with Gasteiger partial charge in [-0.15, -0.1) is 11.3 Å². The van der Waals surface area contributed by atoms with E-state index in [0.717, 1.165) is 34.7 Å². The van der Waals surface area contributed by atoms with E-state index in [2.05, 4.69) is 22.9 Å². The molecule has 0 atom stereocenters. The van der Waals surface area contributed by atoms with Crippen LogP contribution in [0.1, 0.15) is 23.0 Å². The minimum atomic E-state index is -0.246. The van der Waals surface area contributed by atoms with Crippen LogP contribution in [-0.4, -0.2) is 15.5 Å². The van der Waals surface area contributed by atoms with Crippen LogP contribution in [0.3, 0.4) is 0 Å². The number of thiophene rings is 1. The highest BCUT2D eigenvalue weighted by atomic mass is 35.5. The third kappa shape index (κ3) is 3.53. The van der Waals surface area contributed by atoms with Gasteiger partial charge in [-0.2, -0.15) is 0 Å². The highest BCUT2D eigenvalue weighted by molar-refractivity contribution is 7.17. The Bertz CT molecular complexity index is 1150. The lowest BCUT2D eigenvalue weighted by Crippen LogP contribution is -2.10. The molecule has 0 spiro atoms. The molecule has 2 aromatic heterocycles. The van der Waals surface area contributed by atoms with Gasteiger partial charge in [0, 0.05) is 6.54 Å². The minimum Gasteiger partial charge on any atom is -0.323 e. The van der Waals surface area contributed by atoms with Gasteiger partial charge >= 0.3 is 0 Å². The number of aryl methyl sites for hydroxylation is 1. The number of nitrogens with zero attached hydrogens (tertiary/aromatic N) is 2. The predicted molar refractivity (Wildman–Crippen MR) is 118 cm³/mol. The summed E-state index contributed by atoms with van der Waals surface area (Å²) in [5, 5.41) is 3.62. The van der Waals surface area contributed by atoms with Crippen molar-refractivity contribution in [3.05, 3.63) is 69.5 Å². The van der Waals surface area contributed by atoms with E-state index in [1.807, 2.05) is 24.3 Å². The van der Waals surface area contributed by atoms with E-state index < -0.39 is 0 Å². The molecule has 2 heterocycles. The van der Waals surface area contributed by atoms with Crippen molar-refractivity contribution < 1.29 is 4.79 Å². The summed E-state index contributed by atoms with van der Waals surface area (Å²) in [6.45, 7) is 3.00. The van der Waals surface area contributed by atoms with Gasteiger partial charge in [0.15, 0.2) is 5.82 Å². The smallest absolute Gasteiger partial charge is 0.265 e.